The van der Waals surface area contributed by atoms with E-state index in [0.29, 0.717) is 6.54 Å². The van der Waals surface area contributed by atoms with Crippen molar-refractivity contribution in [1.82, 2.24) is 9.78 Å². The number of nitrogens with two attached hydrogens (primary N) is 1. The first kappa shape index (κ1) is 11.0. The lowest BCUT2D eigenvalue weighted by Crippen LogP contribution is -2.09. The second-order valence-electron chi connectivity index (χ2n) is 3.28. The van der Waals surface area contributed by atoms with Crippen molar-refractivity contribution in [2.75, 3.05) is 13.2 Å². The minimum absolute atomic E-state index is 0.608. The van der Waals surface area contributed by atoms with E-state index in [2.05, 4.69) is 12.0 Å². The molecule has 4 heteroatoms. The summed E-state index contributed by atoms with van der Waals surface area (Å²) in [4.78, 5) is 0. The summed E-state index contributed by atoms with van der Waals surface area (Å²) >= 11 is 0. The fourth-order valence-corrected chi connectivity index (χ4v) is 1.22. The van der Waals surface area contributed by atoms with Crippen LogP contribution in [0.15, 0.2) is 12.4 Å². The van der Waals surface area contributed by atoms with Gasteiger partial charge in [0.05, 0.1) is 25.5 Å². The molecule has 0 bridgehead atoms. The Hall–Kier alpha value is -1.03. The van der Waals surface area contributed by atoms with Gasteiger partial charge in [-0.2, -0.15) is 5.10 Å². The molecule has 0 aliphatic heterocycles. The van der Waals surface area contributed by atoms with Crippen LogP contribution in [0.4, 0.5) is 0 Å². The van der Waals surface area contributed by atoms with Crippen LogP contribution in [0.5, 0.6) is 5.75 Å². The van der Waals surface area contributed by atoms with Crippen LogP contribution in [-0.2, 0) is 6.54 Å². The molecule has 0 aliphatic rings. The minimum atomic E-state index is 0.608. The number of aromatic nitrogens is 2. The van der Waals surface area contributed by atoms with Crippen molar-refractivity contribution in [1.29, 1.82) is 0 Å². The fraction of sp³-hybridized carbons (Fsp3) is 0.700. The molecule has 1 aromatic rings. The third-order valence-electron chi connectivity index (χ3n) is 1.98. The van der Waals surface area contributed by atoms with Gasteiger partial charge in [-0.1, -0.05) is 19.8 Å². The highest BCUT2D eigenvalue weighted by molar-refractivity contribution is 5.11. The molecule has 0 fully saturated rings. The zero-order valence-corrected chi connectivity index (χ0v) is 8.78. The average molecular weight is 197 g/mol. The lowest BCUT2D eigenvalue weighted by Gasteiger charge is -2.01. The minimum Gasteiger partial charge on any atom is -0.490 e. The Morgan fingerprint density at radius 3 is 3.07 bits per heavy atom. The molecule has 0 atom stereocenters. The lowest BCUT2D eigenvalue weighted by atomic mass is 10.3. The van der Waals surface area contributed by atoms with Gasteiger partial charge in [-0.15, -0.1) is 0 Å². The van der Waals surface area contributed by atoms with Gasteiger partial charge in [0.25, 0.3) is 0 Å². The predicted molar refractivity (Wildman–Crippen MR) is 56.3 cm³/mol. The van der Waals surface area contributed by atoms with E-state index in [1.807, 2.05) is 6.20 Å². The Morgan fingerprint density at radius 1 is 1.50 bits per heavy atom. The highest BCUT2D eigenvalue weighted by atomic mass is 16.5. The standard InChI is InChI=1S/C10H19N3O/c1-2-3-4-7-14-10-8-12-13(9-10)6-5-11/h8-9H,2-7,11H2,1H3. The lowest BCUT2D eigenvalue weighted by molar-refractivity contribution is 0.306. The maximum atomic E-state index is 5.51. The molecule has 0 spiro atoms. The van der Waals surface area contributed by atoms with Crippen molar-refractivity contribution < 1.29 is 4.74 Å². The van der Waals surface area contributed by atoms with E-state index in [-0.39, 0.29) is 0 Å². The zero-order valence-electron chi connectivity index (χ0n) is 8.78. The quantitative estimate of drug-likeness (QED) is 0.672. The Morgan fingerprint density at radius 2 is 2.36 bits per heavy atom. The van der Waals surface area contributed by atoms with Crippen molar-refractivity contribution in [3.05, 3.63) is 12.4 Å². The summed E-state index contributed by atoms with van der Waals surface area (Å²) in [5, 5.41) is 4.12. The van der Waals surface area contributed by atoms with Crippen LogP contribution in [0.2, 0.25) is 0 Å². The molecule has 0 saturated heterocycles. The van der Waals surface area contributed by atoms with Gasteiger partial charge in [-0.25, -0.2) is 0 Å². The third-order valence-corrected chi connectivity index (χ3v) is 1.98. The molecule has 80 valence electrons. The Kier molecular flexibility index (Phi) is 5.07. The zero-order chi connectivity index (χ0) is 10.2. The maximum absolute atomic E-state index is 5.51. The Balaban J connectivity index is 2.22. The van der Waals surface area contributed by atoms with Crippen molar-refractivity contribution >= 4 is 0 Å². The molecule has 0 amide bonds. The smallest absolute Gasteiger partial charge is 0.157 e. The molecule has 0 unspecified atom stereocenters. The van der Waals surface area contributed by atoms with Crippen molar-refractivity contribution in [2.24, 2.45) is 5.73 Å². The van der Waals surface area contributed by atoms with Gasteiger partial charge in [0.1, 0.15) is 0 Å². The van der Waals surface area contributed by atoms with Crippen LogP contribution >= 0.6 is 0 Å². The normalized spacial score (nSPS) is 10.4. The summed E-state index contributed by atoms with van der Waals surface area (Å²) in [5.41, 5.74) is 5.41. The van der Waals surface area contributed by atoms with E-state index in [0.717, 1.165) is 25.3 Å². The van der Waals surface area contributed by atoms with Crippen LogP contribution in [0.3, 0.4) is 0 Å². The summed E-state index contributed by atoms with van der Waals surface area (Å²) in [6, 6.07) is 0. The summed E-state index contributed by atoms with van der Waals surface area (Å²) in [5.74, 6) is 0.842. The summed E-state index contributed by atoms with van der Waals surface area (Å²) in [6.45, 7) is 4.32. The van der Waals surface area contributed by atoms with E-state index < -0.39 is 0 Å². The van der Waals surface area contributed by atoms with Crippen molar-refractivity contribution in [3.8, 4) is 5.75 Å². The average Bonchev–Trinajstić information content (AvgIpc) is 2.61. The molecule has 0 aromatic carbocycles. The first-order valence-electron chi connectivity index (χ1n) is 5.22. The van der Waals surface area contributed by atoms with Crippen molar-refractivity contribution in [3.63, 3.8) is 0 Å². The van der Waals surface area contributed by atoms with E-state index in [1.54, 1.807) is 10.9 Å². The van der Waals surface area contributed by atoms with Gasteiger partial charge in [-0.3, -0.25) is 4.68 Å². The Labute approximate surface area is 85.0 Å². The molecular weight excluding hydrogens is 178 g/mol. The largest absolute Gasteiger partial charge is 0.490 e. The number of nitrogens with zero attached hydrogens (tertiary/aromatic N) is 2. The van der Waals surface area contributed by atoms with E-state index in [1.165, 1.54) is 12.8 Å². The van der Waals surface area contributed by atoms with E-state index in [4.69, 9.17) is 10.5 Å². The maximum Gasteiger partial charge on any atom is 0.157 e. The van der Waals surface area contributed by atoms with E-state index in [9.17, 15) is 0 Å². The molecule has 1 rings (SSSR count). The highest BCUT2D eigenvalue weighted by Crippen LogP contribution is 2.08. The second kappa shape index (κ2) is 6.43. The molecule has 0 radical (unpaired) electrons. The van der Waals surface area contributed by atoms with Crippen LogP contribution in [-0.4, -0.2) is 22.9 Å². The van der Waals surface area contributed by atoms with Gasteiger partial charge < -0.3 is 10.5 Å². The second-order valence-corrected chi connectivity index (χ2v) is 3.28. The number of unbranched alkanes of at least 4 members (excludes halogenated alkanes) is 2. The molecular formula is C10H19N3O. The first-order valence-corrected chi connectivity index (χ1v) is 5.22. The Bertz CT molecular complexity index is 247. The van der Waals surface area contributed by atoms with Gasteiger partial charge >= 0.3 is 0 Å². The molecule has 0 saturated carbocycles. The predicted octanol–water partition coefficient (Wildman–Crippen LogP) is 1.41. The molecule has 1 heterocycles. The monoisotopic (exact) mass is 197 g/mol. The van der Waals surface area contributed by atoms with Gasteiger partial charge in [0, 0.05) is 6.54 Å². The van der Waals surface area contributed by atoms with Gasteiger partial charge in [0.15, 0.2) is 5.75 Å². The summed E-state index contributed by atoms with van der Waals surface area (Å²) in [7, 11) is 0. The SMILES string of the molecule is CCCCCOc1cnn(CCN)c1. The van der Waals surface area contributed by atoms with Gasteiger partial charge in [-0.05, 0) is 6.42 Å². The number of ether oxygens (including phenoxy) is 1. The molecule has 14 heavy (non-hydrogen) atoms. The number of hydrogen-bond acceptors (Lipinski definition) is 3. The fourth-order valence-electron chi connectivity index (χ4n) is 1.22. The van der Waals surface area contributed by atoms with E-state index >= 15 is 0 Å². The molecule has 0 aliphatic carbocycles. The third kappa shape index (κ3) is 3.79. The molecule has 4 nitrogen and oxygen atoms in total. The summed E-state index contributed by atoms with van der Waals surface area (Å²) < 4.78 is 7.31. The summed E-state index contributed by atoms with van der Waals surface area (Å²) in [6.07, 6.45) is 7.17. The number of hydrogen-bond donors (Lipinski definition) is 1. The molecule has 1 aromatic heterocycles. The van der Waals surface area contributed by atoms with Crippen molar-refractivity contribution in [2.45, 2.75) is 32.7 Å². The highest BCUT2D eigenvalue weighted by Gasteiger charge is 1.97. The topological polar surface area (TPSA) is 53.1 Å². The van der Waals surface area contributed by atoms with Crippen LogP contribution in [0.1, 0.15) is 26.2 Å². The molecule has 2 N–H and O–H groups in total. The van der Waals surface area contributed by atoms with Crippen LogP contribution in [0.25, 0.3) is 0 Å². The van der Waals surface area contributed by atoms with Crippen LogP contribution in [0, 0.1) is 0 Å². The first-order chi connectivity index (χ1) is 6.86. The van der Waals surface area contributed by atoms with Crippen LogP contribution < -0.4 is 10.5 Å². The van der Waals surface area contributed by atoms with Gasteiger partial charge in [0.2, 0.25) is 0 Å². The number of rotatable bonds is 7.